The zero-order valence-corrected chi connectivity index (χ0v) is 10.1. The number of aromatic nitrogens is 3. The number of hydrogen-bond donors (Lipinski definition) is 2. The Balaban J connectivity index is 1.80. The molecule has 0 atom stereocenters. The predicted octanol–water partition coefficient (Wildman–Crippen LogP) is 2.02. The van der Waals surface area contributed by atoms with Crippen molar-refractivity contribution in [1.29, 1.82) is 0 Å². The second-order valence-corrected chi connectivity index (χ2v) is 4.11. The van der Waals surface area contributed by atoms with Gasteiger partial charge in [0.25, 0.3) is 0 Å². The highest BCUT2D eigenvalue weighted by molar-refractivity contribution is 6.31. The number of nitrogens with two attached hydrogens (primary N) is 1. The van der Waals surface area contributed by atoms with Gasteiger partial charge >= 0.3 is 0 Å². The molecule has 0 amide bonds. The minimum absolute atomic E-state index is 0.679. The zero-order chi connectivity index (χ0) is 12.1. The third kappa shape index (κ3) is 3.35. The van der Waals surface area contributed by atoms with Gasteiger partial charge in [-0.3, -0.25) is 4.68 Å². The smallest absolute Gasteiger partial charge is 0.0692 e. The summed E-state index contributed by atoms with van der Waals surface area (Å²) in [6.45, 7) is 1.64. The normalized spacial score (nSPS) is 10.4. The number of rotatable bonds is 5. The Morgan fingerprint density at radius 3 is 3.06 bits per heavy atom. The van der Waals surface area contributed by atoms with Gasteiger partial charge in [-0.1, -0.05) is 16.8 Å². The highest BCUT2D eigenvalue weighted by Gasteiger charge is 1.99. The molecule has 1 heterocycles. The molecule has 1 aromatic carbocycles. The number of aryl methyl sites for hydroxylation is 1. The van der Waals surface area contributed by atoms with Gasteiger partial charge in [-0.15, -0.1) is 5.10 Å². The molecule has 3 N–H and O–H groups in total. The van der Waals surface area contributed by atoms with Crippen LogP contribution >= 0.6 is 11.6 Å². The molecule has 0 aliphatic heterocycles. The van der Waals surface area contributed by atoms with Crippen molar-refractivity contribution in [3.63, 3.8) is 0 Å². The van der Waals surface area contributed by atoms with Crippen molar-refractivity contribution in [2.45, 2.75) is 13.0 Å². The number of nitrogens with zero attached hydrogens (tertiary/aromatic N) is 3. The van der Waals surface area contributed by atoms with Crippen LogP contribution in [0.3, 0.4) is 0 Å². The third-order valence-electron chi connectivity index (χ3n) is 2.37. The molecular weight excluding hydrogens is 238 g/mol. The Bertz CT molecular complexity index is 469. The van der Waals surface area contributed by atoms with Crippen molar-refractivity contribution >= 4 is 23.0 Å². The molecule has 0 saturated carbocycles. The maximum atomic E-state index is 5.89. The van der Waals surface area contributed by atoms with E-state index in [0.29, 0.717) is 10.7 Å². The van der Waals surface area contributed by atoms with E-state index in [1.165, 1.54) is 0 Å². The Morgan fingerprint density at radius 1 is 1.41 bits per heavy atom. The number of halogens is 1. The molecule has 1 aromatic heterocycles. The molecule has 0 bridgehead atoms. The zero-order valence-electron chi connectivity index (χ0n) is 9.31. The van der Waals surface area contributed by atoms with Crippen LogP contribution in [0.2, 0.25) is 5.02 Å². The van der Waals surface area contributed by atoms with E-state index in [4.69, 9.17) is 17.3 Å². The standard InChI is InChI=1S/C11H14ClN5/c12-9-2-3-10(13)11(8-9)14-4-1-6-17-7-5-15-16-17/h2-3,5,7-8,14H,1,4,6,13H2. The molecule has 0 saturated heterocycles. The van der Waals surface area contributed by atoms with Gasteiger partial charge in [-0.25, -0.2) is 0 Å². The second-order valence-electron chi connectivity index (χ2n) is 3.68. The number of benzene rings is 1. The summed E-state index contributed by atoms with van der Waals surface area (Å²) >= 11 is 5.89. The maximum Gasteiger partial charge on any atom is 0.0692 e. The molecule has 0 radical (unpaired) electrons. The van der Waals surface area contributed by atoms with Crippen LogP contribution in [-0.4, -0.2) is 21.5 Å². The van der Waals surface area contributed by atoms with E-state index in [1.54, 1.807) is 23.0 Å². The van der Waals surface area contributed by atoms with E-state index in [0.717, 1.165) is 25.2 Å². The lowest BCUT2D eigenvalue weighted by Gasteiger charge is -2.09. The second kappa shape index (κ2) is 5.54. The van der Waals surface area contributed by atoms with E-state index in [1.807, 2.05) is 12.3 Å². The number of hydrogen-bond acceptors (Lipinski definition) is 4. The van der Waals surface area contributed by atoms with Gasteiger partial charge in [0.2, 0.25) is 0 Å². The third-order valence-corrected chi connectivity index (χ3v) is 2.60. The van der Waals surface area contributed by atoms with Gasteiger partial charge in [0.1, 0.15) is 0 Å². The summed E-state index contributed by atoms with van der Waals surface area (Å²) in [7, 11) is 0. The molecule has 0 aliphatic carbocycles. The van der Waals surface area contributed by atoms with Gasteiger partial charge in [0.15, 0.2) is 0 Å². The Hall–Kier alpha value is -1.75. The first kappa shape index (κ1) is 11.7. The van der Waals surface area contributed by atoms with Crippen molar-refractivity contribution in [2.24, 2.45) is 0 Å². The van der Waals surface area contributed by atoms with Crippen LogP contribution in [0.15, 0.2) is 30.6 Å². The van der Waals surface area contributed by atoms with Gasteiger partial charge < -0.3 is 11.1 Å². The molecule has 90 valence electrons. The first-order valence-corrected chi connectivity index (χ1v) is 5.76. The van der Waals surface area contributed by atoms with Crippen molar-refractivity contribution < 1.29 is 0 Å². The van der Waals surface area contributed by atoms with Gasteiger partial charge in [0.05, 0.1) is 17.6 Å². The van der Waals surface area contributed by atoms with Crippen molar-refractivity contribution in [1.82, 2.24) is 15.0 Å². The SMILES string of the molecule is Nc1ccc(Cl)cc1NCCCn1ccnn1. The van der Waals surface area contributed by atoms with Crippen LogP contribution in [0.5, 0.6) is 0 Å². The fraction of sp³-hybridized carbons (Fsp3) is 0.273. The van der Waals surface area contributed by atoms with E-state index in [9.17, 15) is 0 Å². The van der Waals surface area contributed by atoms with E-state index in [2.05, 4.69) is 15.6 Å². The highest BCUT2D eigenvalue weighted by Crippen LogP contribution is 2.22. The Morgan fingerprint density at radius 2 is 2.29 bits per heavy atom. The number of nitrogens with one attached hydrogen (secondary N) is 1. The molecule has 0 aliphatic rings. The molecule has 0 unspecified atom stereocenters. The molecule has 0 spiro atoms. The van der Waals surface area contributed by atoms with Crippen molar-refractivity contribution in [3.05, 3.63) is 35.6 Å². The first-order valence-electron chi connectivity index (χ1n) is 5.39. The van der Waals surface area contributed by atoms with Crippen LogP contribution in [0.25, 0.3) is 0 Å². The summed E-state index contributed by atoms with van der Waals surface area (Å²) in [5.74, 6) is 0. The van der Waals surface area contributed by atoms with Gasteiger partial charge in [-0.05, 0) is 24.6 Å². The van der Waals surface area contributed by atoms with Crippen molar-refractivity contribution in [2.75, 3.05) is 17.6 Å². The Kier molecular flexibility index (Phi) is 3.82. The lowest BCUT2D eigenvalue weighted by molar-refractivity contribution is 0.570. The molecule has 17 heavy (non-hydrogen) atoms. The van der Waals surface area contributed by atoms with Crippen LogP contribution in [0.4, 0.5) is 11.4 Å². The topological polar surface area (TPSA) is 68.8 Å². The molecule has 2 aromatic rings. The summed E-state index contributed by atoms with van der Waals surface area (Å²) in [6.07, 6.45) is 4.45. The van der Waals surface area contributed by atoms with Gasteiger partial charge in [0, 0.05) is 24.3 Å². The summed E-state index contributed by atoms with van der Waals surface area (Å²) in [6, 6.07) is 5.39. The van der Waals surface area contributed by atoms with Crippen molar-refractivity contribution in [3.8, 4) is 0 Å². The minimum Gasteiger partial charge on any atom is -0.397 e. The minimum atomic E-state index is 0.679. The van der Waals surface area contributed by atoms with Crippen LogP contribution in [0, 0.1) is 0 Å². The Labute approximate surface area is 105 Å². The number of anilines is 2. The average Bonchev–Trinajstić information content (AvgIpc) is 2.82. The fourth-order valence-corrected chi connectivity index (χ4v) is 1.67. The number of nitrogen functional groups attached to an aromatic ring is 1. The summed E-state index contributed by atoms with van der Waals surface area (Å²) < 4.78 is 1.79. The average molecular weight is 252 g/mol. The maximum absolute atomic E-state index is 5.89. The summed E-state index contributed by atoms with van der Waals surface area (Å²) in [5.41, 5.74) is 7.39. The lowest BCUT2D eigenvalue weighted by Crippen LogP contribution is -2.08. The predicted molar refractivity (Wildman–Crippen MR) is 69.0 cm³/mol. The molecule has 0 fully saturated rings. The largest absolute Gasteiger partial charge is 0.397 e. The van der Waals surface area contributed by atoms with E-state index in [-0.39, 0.29) is 0 Å². The monoisotopic (exact) mass is 251 g/mol. The van der Waals surface area contributed by atoms with Crippen LogP contribution in [0.1, 0.15) is 6.42 Å². The lowest BCUT2D eigenvalue weighted by atomic mass is 10.2. The quantitative estimate of drug-likeness (QED) is 0.630. The molecule has 5 nitrogen and oxygen atoms in total. The highest BCUT2D eigenvalue weighted by atomic mass is 35.5. The fourth-order valence-electron chi connectivity index (χ4n) is 1.50. The van der Waals surface area contributed by atoms with Crippen LogP contribution < -0.4 is 11.1 Å². The van der Waals surface area contributed by atoms with Crippen LogP contribution in [-0.2, 0) is 6.54 Å². The van der Waals surface area contributed by atoms with Gasteiger partial charge in [-0.2, -0.15) is 0 Å². The molecule has 6 heteroatoms. The summed E-state index contributed by atoms with van der Waals surface area (Å²) in [5, 5.41) is 11.5. The molecular formula is C11H14ClN5. The molecule has 2 rings (SSSR count). The summed E-state index contributed by atoms with van der Waals surface area (Å²) in [4.78, 5) is 0. The van der Waals surface area contributed by atoms with E-state index < -0.39 is 0 Å². The van der Waals surface area contributed by atoms with E-state index >= 15 is 0 Å². The first-order chi connectivity index (χ1) is 8.25.